The van der Waals surface area contributed by atoms with Gasteiger partial charge in [0.25, 0.3) is 11.5 Å². The topological polar surface area (TPSA) is 95.5 Å². The minimum Gasteiger partial charge on any atom is -0.369 e. The van der Waals surface area contributed by atoms with Crippen molar-refractivity contribution in [2.45, 2.75) is 52.5 Å². The third kappa shape index (κ3) is 6.22. The minimum absolute atomic E-state index is 0.0551. The molecule has 1 aromatic heterocycles. The molecule has 8 nitrogen and oxygen atoms in total. The highest BCUT2D eigenvalue weighted by atomic mass is 16.2. The Morgan fingerprint density at radius 3 is 2.52 bits per heavy atom. The Hall–Kier alpha value is -4.07. The van der Waals surface area contributed by atoms with Crippen LogP contribution >= 0.6 is 0 Å². The van der Waals surface area contributed by atoms with Crippen LogP contribution in [0.25, 0.3) is 0 Å². The Balaban J connectivity index is 1.40. The van der Waals surface area contributed by atoms with E-state index >= 15 is 0 Å². The molecule has 210 valence electrons. The standard InChI is InChI=1S/C32H39N5O3/c1-4-22-8-11-26(12-9-22)34-32(40)35-27-17-24(31(39)33-15-14-21(2)3)10-13-29(27)36-18-23-16-25(20-36)28-6-5-7-30(38)37(28)19-23/h5-13,17,21,23,25H,4,14-16,18-20H2,1-3H3,(H,33,39)(H2,34,35,40)/t23-,25+/m1/s1. The van der Waals surface area contributed by atoms with Gasteiger partial charge < -0.3 is 25.4 Å². The average Bonchev–Trinajstić information content (AvgIpc) is 2.93. The highest BCUT2D eigenvalue weighted by Crippen LogP contribution is 2.39. The molecule has 8 heteroatoms. The maximum Gasteiger partial charge on any atom is 0.323 e. The molecule has 5 rings (SSSR count). The van der Waals surface area contributed by atoms with E-state index in [1.54, 1.807) is 12.1 Å². The third-order valence-corrected chi connectivity index (χ3v) is 7.95. The van der Waals surface area contributed by atoms with Crippen molar-refractivity contribution >= 4 is 29.0 Å². The lowest BCUT2D eigenvalue weighted by Gasteiger charge is -2.44. The predicted molar refractivity (Wildman–Crippen MR) is 160 cm³/mol. The van der Waals surface area contributed by atoms with Crippen molar-refractivity contribution in [3.05, 3.63) is 87.8 Å². The van der Waals surface area contributed by atoms with Crippen LogP contribution in [0.2, 0.25) is 0 Å². The molecule has 1 fully saturated rings. The average molecular weight is 542 g/mol. The van der Waals surface area contributed by atoms with Gasteiger partial charge >= 0.3 is 6.03 Å². The molecular formula is C32H39N5O3. The quantitative estimate of drug-likeness (QED) is 0.353. The summed E-state index contributed by atoms with van der Waals surface area (Å²) in [5.41, 5.74) is 4.99. The number of pyridine rings is 1. The maximum absolute atomic E-state index is 13.1. The van der Waals surface area contributed by atoms with Gasteiger partial charge in [0.05, 0.1) is 11.4 Å². The number of benzene rings is 2. The Morgan fingerprint density at radius 1 is 0.975 bits per heavy atom. The first-order chi connectivity index (χ1) is 19.3. The molecule has 40 heavy (non-hydrogen) atoms. The van der Waals surface area contributed by atoms with Crippen LogP contribution in [0.1, 0.15) is 61.1 Å². The number of piperidine rings is 1. The largest absolute Gasteiger partial charge is 0.369 e. The van der Waals surface area contributed by atoms with Crippen LogP contribution in [0.4, 0.5) is 21.9 Å². The van der Waals surface area contributed by atoms with Crippen molar-refractivity contribution in [1.29, 1.82) is 0 Å². The molecule has 3 amide bonds. The molecule has 2 aliphatic heterocycles. The van der Waals surface area contributed by atoms with Gasteiger partial charge in [-0.05, 0) is 73.1 Å². The summed E-state index contributed by atoms with van der Waals surface area (Å²) in [6.07, 6.45) is 2.86. The summed E-state index contributed by atoms with van der Waals surface area (Å²) in [6, 6.07) is 18.5. The van der Waals surface area contributed by atoms with Gasteiger partial charge in [-0.15, -0.1) is 0 Å². The van der Waals surface area contributed by atoms with Crippen molar-refractivity contribution in [1.82, 2.24) is 9.88 Å². The fourth-order valence-corrected chi connectivity index (χ4v) is 5.83. The van der Waals surface area contributed by atoms with Crippen molar-refractivity contribution < 1.29 is 9.59 Å². The third-order valence-electron chi connectivity index (χ3n) is 7.95. The molecule has 0 unspecified atom stereocenters. The zero-order chi connectivity index (χ0) is 28.2. The highest BCUT2D eigenvalue weighted by molar-refractivity contribution is 6.04. The highest BCUT2D eigenvalue weighted by Gasteiger charge is 2.35. The lowest BCUT2D eigenvalue weighted by Crippen LogP contribution is -2.47. The number of aryl methyl sites for hydroxylation is 1. The molecule has 0 saturated carbocycles. The van der Waals surface area contributed by atoms with E-state index in [-0.39, 0.29) is 23.4 Å². The van der Waals surface area contributed by atoms with Crippen molar-refractivity contribution in [3.8, 4) is 0 Å². The van der Waals surface area contributed by atoms with Gasteiger partial charge in [-0.1, -0.05) is 39.0 Å². The number of nitrogens with one attached hydrogen (secondary N) is 3. The van der Waals surface area contributed by atoms with Gasteiger partial charge in [0.15, 0.2) is 0 Å². The molecule has 2 aliphatic rings. The Labute approximate surface area is 235 Å². The second-order valence-electron chi connectivity index (χ2n) is 11.4. The van der Waals surface area contributed by atoms with E-state index in [1.165, 1.54) is 5.56 Å². The second kappa shape index (κ2) is 12.0. The number of fused-ring (bicyclic) bond motifs is 4. The molecule has 0 radical (unpaired) electrons. The lowest BCUT2D eigenvalue weighted by atomic mass is 9.83. The molecule has 0 aliphatic carbocycles. The molecule has 2 bridgehead atoms. The zero-order valence-electron chi connectivity index (χ0n) is 23.6. The first-order valence-corrected chi connectivity index (χ1v) is 14.3. The van der Waals surface area contributed by atoms with Gasteiger partial charge in [-0.25, -0.2) is 4.79 Å². The number of rotatable bonds is 8. The summed E-state index contributed by atoms with van der Waals surface area (Å²) in [4.78, 5) is 40.8. The number of carbonyl (C=O) groups is 2. The van der Waals surface area contributed by atoms with Crippen LogP contribution in [-0.4, -0.2) is 36.1 Å². The summed E-state index contributed by atoms with van der Waals surface area (Å²) < 4.78 is 1.91. The zero-order valence-corrected chi connectivity index (χ0v) is 23.6. The second-order valence-corrected chi connectivity index (χ2v) is 11.4. The molecule has 3 heterocycles. The normalized spacial score (nSPS) is 17.8. The van der Waals surface area contributed by atoms with Gasteiger partial charge in [0.1, 0.15) is 0 Å². The first kappa shape index (κ1) is 27.5. The molecule has 2 aromatic carbocycles. The predicted octanol–water partition coefficient (Wildman–Crippen LogP) is 5.45. The number of hydrogen-bond acceptors (Lipinski definition) is 4. The van der Waals surface area contributed by atoms with Crippen molar-refractivity contribution in [2.24, 2.45) is 11.8 Å². The summed E-state index contributed by atoms with van der Waals surface area (Å²) in [7, 11) is 0. The summed E-state index contributed by atoms with van der Waals surface area (Å²) in [5.74, 6) is 0.882. The van der Waals surface area contributed by atoms with Crippen molar-refractivity contribution in [3.63, 3.8) is 0 Å². The Kier molecular flexibility index (Phi) is 8.24. The van der Waals surface area contributed by atoms with Crippen LogP contribution < -0.4 is 26.4 Å². The summed E-state index contributed by atoms with van der Waals surface area (Å²) >= 11 is 0. The number of hydrogen-bond donors (Lipinski definition) is 3. The van der Waals surface area contributed by atoms with Gasteiger partial charge in [-0.2, -0.15) is 0 Å². The molecule has 0 spiro atoms. The van der Waals surface area contributed by atoms with Gasteiger partial charge in [-0.3, -0.25) is 9.59 Å². The molecular weight excluding hydrogens is 502 g/mol. The van der Waals surface area contributed by atoms with Crippen molar-refractivity contribution in [2.75, 3.05) is 35.2 Å². The number of amides is 3. The Morgan fingerprint density at radius 2 is 1.77 bits per heavy atom. The summed E-state index contributed by atoms with van der Waals surface area (Å²) in [6.45, 7) is 9.13. The number of urea groups is 1. The molecule has 3 N–H and O–H groups in total. The molecule has 1 saturated heterocycles. The van der Waals surface area contributed by atoms with Crippen LogP contribution in [0.5, 0.6) is 0 Å². The lowest BCUT2D eigenvalue weighted by molar-refractivity contribution is 0.0952. The van der Waals surface area contributed by atoms with E-state index in [0.29, 0.717) is 41.9 Å². The molecule has 3 aromatic rings. The Bertz CT molecular complexity index is 1430. The fraction of sp³-hybridized carbons (Fsp3) is 0.406. The van der Waals surface area contributed by atoms with Gasteiger partial charge in [0, 0.05) is 55.1 Å². The van der Waals surface area contributed by atoms with Crippen LogP contribution in [0, 0.1) is 11.8 Å². The van der Waals surface area contributed by atoms with E-state index < -0.39 is 0 Å². The SMILES string of the molecule is CCc1ccc(NC(=O)Nc2cc(C(=O)NCCC(C)C)ccc2N2C[C@H]3C[C@@H](C2)c2cccc(=O)n2C3)cc1. The smallest absolute Gasteiger partial charge is 0.323 e. The van der Waals surface area contributed by atoms with E-state index in [0.717, 1.165) is 43.7 Å². The van der Waals surface area contributed by atoms with E-state index in [2.05, 4.69) is 41.6 Å². The maximum atomic E-state index is 13.1. The van der Waals surface area contributed by atoms with E-state index in [1.807, 2.05) is 53.1 Å². The number of nitrogens with zero attached hydrogens (tertiary/aromatic N) is 2. The monoisotopic (exact) mass is 541 g/mol. The number of anilines is 3. The van der Waals surface area contributed by atoms with Crippen LogP contribution in [0.15, 0.2) is 65.5 Å². The van der Waals surface area contributed by atoms with Crippen LogP contribution in [0.3, 0.4) is 0 Å². The van der Waals surface area contributed by atoms with E-state index in [4.69, 9.17) is 0 Å². The fourth-order valence-electron chi connectivity index (χ4n) is 5.83. The minimum atomic E-state index is -0.364. The number of aromatic nitrogens is 1. The van der Waals surface area contributed by atoms with E-state index in [9.17, 15) is 14.4 Å². The van der Waals surface area contributed by atoms with Gasteiger partial charge in [0.2, 0.25) is 0 Å². The summed E-state index contributed by atoms with van der Waals surface area (Å²) in [5, 5.41) is 8.94. The first-order valence-electron chi connectivity index (χ1n) is 14.3. The number of carbonyl (C=O) groups excluding carboxylic acids is 2. The van der Waals surface area contributed by atoms with Crippen LogP contribution in [-0.2, 0) is 13.0 Å². The molecule has 2 atom stereocenters.